The molecule has 11 heavy (non-hydrogen) atoms. The first-order chi connectivity index (χ1) is 4.39. The normalized spacial score (nSPS) is 9.82. The molecule has 2 N–H and O–H groups in total. The largest absolute Gasteiger partial charge is 0.463 e. The second kappa shape index (κ2) is 4.20. The predicted octanol–water partition coefficient (Wildman–Crippen LogP) is -0.265. The van der Waals surface area contributed by atoms with Gasteiger partial charge in [-0.05, 0) is 11.6 Å². The standard InChI is InChI=1S/C4H3ClF2O3.H2O/c1-10-3(9)2(8)4(5,6)7;/h1H3;1H2. The molecule has 0 rings (SSSR count). The minimum absolute atomic E-state index is 0. The van der Waals surface area contributed by atoms with Crippen LogP contribution in [0.3, 0.4) is 0 Å². The highest BCUT2D eigenvalue weighted by Crippen LogP contribution is 2.19. The van der Waals surface area contributed by atoms with E-state index in [1.807, 2.05) is 0 Å². The number of hydrogen-bond acceptors (Lipinski definition) is 3. The number of carbonyl (C=O) groups excluding carboxylic acids is 2. The van der Waals surface area contributed by atoms with Gasteiger partial charge in [0.2, 0.25) is 0 Å². The van der Waals surface area contributed by atoms with Crippen molar-refractivity contribution >= 4 is 23.4 Å². The van der Waals surface area contributed by atoms with Crippen LogP contribution in [0.5, 0.6) is 0 Å². The number of halogens is 3. The summed E-state index contributed by atoms with van der Waals surface area (Å²) in [5.74, 6) is -3.71. The number of hydrogen-bond donors (Lipinski definition) is 0. The Kier molecular flexibility index (Phi) is 4.91. The van der Waals surface area contributed by atoms with E-state index >= 15 is 0 Å². The van der Waals surface area contributed by atoms with E-state index in [4.69, 9.17) is 0 Å². The monoisotopic (exact) mass is 190 g/mol. The fourth-order valence-corrected chi connectivity index (χ4v) is 0.286. The van der Waals surface area contributed by atoms with E-state index in [9.17, 15) is 18.4 Å². The molecule has 0 amide bonds. The number of ether oxygens (including phenoxy) is 1. The van der Waals surface area contributed by atoms with Gasteiger partial charge in [0.15, 0.2) is 0 Å². The minimum atomic E-state index is -4.16. The molecule has 0 spiro atoms. The number of Topliss-reactive ketones (excluding diaryl/α,β-unsaturated/α-hetero) is 1. The van der Waals surface area contributed by atoms with Crippen LogP contribution in [-0.4, -0.2) is 29.7 Å². The van der Waals surface area contributed by atoms with Crippen LogP contribution in [0.2, 0.25) is 0 Å². The third kappa shape index (κ3) is 3.84. The molecule has 0 aliphatic heterocycles. The van der Waals surface area contributed by atoms with E-state index < -0.39 is 17.1 Å². The Morgan fingerprint density at radius 2 is 1.82 bits per heavy atom. The Morgan fingerprint density at radius 1 is 1.45 bits per heavy atom. The van der Waals surface area contributed by atoms with Gasteiger partial charge >= 0.3 is 17.1 Å². The molecular weight excluding hydrogens is 185 g/mol. The molecule has 0 aromatic rings. The van der Waals surface area contributed by atoms with Gasteiger partial charge in [0.1, 0.15) is 0 Å². The van der Waals surface area contributed by atoms with Crippen LogP contribution in [-0.2, 0) is 14.3 Å². The first-order valence-corrected chi connectivity index (χ1v) is 2.47. The number of esters is 1. The third-order valence-corrected chi connectivity index (χ3v) is 0.800. The van der Waals surface area contributed by atoms with Crippen LogP contribution < -0.4 is 0 Å². The second-order valence-corrected chi connectivity index (χ2v) is 1.79. The average molecular weight is 191 g/mol. The summed E-state index contributed by atoms with van der Waals surface area (Å²) >= 11 is 4.17. The van der Waals surface area contributed by atoms with Crippen LogP contribution in [0.1, 0.15) is 0 Å². The van der Waals surface area contributed by atoms with Gasteiger partial charge in [0, 0.05) is 0 Å². The van der Waals surface area contributed by atoms with Crippen molar-refractivity contribution in [1.82, 2.24) is 0 Å². The summed E-state index contributed by atoms with van der Waals surface area (Å²) in [6, 6.07) is 0. The molecule has 0 unspecified atom stereocenters. The lowest BCUT2D eigenvalue weighted by Gasteiger charge is -2.02. The Labute approximate surface area is 65.4 Å². The average Bonchev–Trinajstić information content (AvgIpc) is 1.83. The Hall–Kier alpha value is -0.750. The Bertz CT molecular complexity index is 164. The van der Waals surface area contributed by atoms with Gasteiger partial charge in [-0.1, -0.05) is 0 Å². The van der Waals surface area contributed by atoms with Gasteiger partial charge in [-0.15, -0.1) is 0 Å². The molecule has 0 heterocycles. The highest BCUT2D eigenvalue weighted by Gasteiger charge is 2.41. The van der Waals surface area contributed by atoms with E-state index in [0.29, 0.717) is 0 Å². The Morgan fingerprint density at radius 3 is 1.91 bits per heavy atom. The fourth-order valence-electron chi connectivity index (χ4n) is 0.208. The third-order valence-electron chi connectivity index (χ3n) is 0.628. The van der Waals surface area contributed by atoms with E-state index in [1.54, 1.807) is 0 Å². The molecule has 0 aromatic heterocycles. The van der Waals surface area contributed by atoms with Gasteiger partial charge in [-0.2, -0.15) is 8.78 Å². The number of carbonyl (C=O) groups is 2. The lowest BCUT2D eigenvalue weighted by Crippen LogP contribution is -2.30. The highest BCUT2D eigenvalue weighted by molar-refractivity contribution is 6.48. The molecule has 0 aliphatic carbocycles. The van der Waals surface area contributed by atoms with Crippen molar-refractivity contribution in [2.75, 3.05) is 7.11 Å². The van der Waals surface area contributed by atoms with Crippen molar-refractivity contribution in [3.63, 3.8) is 0 Å². The van der Waals surface area contributed by atoms with Crippen LogP contribution >= 0.6 is 11.6 Å². The SMILES string of the molecule is COC(=O)C(=O)C(F)(F)Cl.O. The van der Waals surface area contributed by atoms with E-state index in [2.05, 4.69) is 16.3 Å². The lowest BCUT2D eigenvalue weighted by molar-refractivity contribution is -0.158. The van der Waals surface area contributed by atoms with Crippen molar-refractivity contribution in [2.24, 2.45) is 0 Å². The highest BCUT2D eigenvalue weighted by atomic mass is 35.5. The quantitative estimate of drug-likeness (QED) is 0.342. The van der Waals surface area contributed by atoms with Crippen LogP contribution in [0.25, 0.3) is 0 Å². The Balaban J connectivity index is 0. The lowest BCUT2D eigenvalue weighted by atomic mass is 10.4. The summed E-state index contributed by atoms with van der Waals surface area (Å²) in [6.07, 6.45) is 0. The van der Waals surface area contributed by atoms with Gasteiger partial charge in [-0.3, -0.25) is 4.79 Å². The summed E-state index contributed by atoms with van der Waals surface area (Å²) in [4.78, 5) is 20.1. The number of rotatable bonds is 2. The molecule has 7 heteroatoms. The second-order valence-electron chi connectivity index (χ2n) is 1.32. The first kappa shape index (κ1) is 12.9. The molecule has 0 saturated heterocycles. The van der Waals surface area contributed by atoms with Crippen LogP contribution in [0.4, 0.5) is 8.78 Å². The molecule has 4 nitrogen and oxygen atoms in total. The summed E-state index contributed by atoms with van der Waals surface area (Å²) in [6.45, 7) is 0. The molecule has 0 aliphatic rings. The molecule has 0 saturated carbocycles. The molecular formula is C4H5ClF2O4. The maximum atomic E-state index is 11.7. The molecule has 0 bridgehead atoms. The van der Waals surface area contributed by atoms with Gasteiger partial charge in [0.05, 0.1) is 7.11 Å². The molecule has 0 fully saturated rings. The van der Waals surface area contributed by atoms with E-state index in [1.165, 1.54) is 0 Å². The minimum Gasteiger partial charge on any atom is -0.463 e. The smallest absolute Gasteiger partial charge is 0.391 e. The van der Waals surface area contributed by atoms with Crippen LogP contribution in [0, 0.1) is 0 Å². The van der Waals surface area contributed by atoms with Crippen molar-refractivity contribution in [2.45, 2.75) is 5.38 Å². The van der Waals surface area contributed by atoms with E-state index in [-0.39, 0.29) is 5.48 Å². The van der Waals surface area contributed by atoms with Crippen molar-refractivity contribution in [3.8, 4) is 0 Å². The zero-order valence-corrected chi connectivity index (χ0v) is 6.11. The number of alkyl halides is 3. The first-order valence-electron chi connectivity index (χ1n) is 2.09. The fraction of sp³-hybridized carbons (Fsp3) is 0.500. The maximum absolute atomic E-state index is 11.7. The van der Waals surface area contributed by atoms with Gasteiger partial charge < -0.3 is 10.2 Å². The van der Waals surface area contributed by atoms with E-state index in [0.717, 1.165) is 7.11 Å². The van der Waals surface area contributed by atoms with Gasteiger partial charge in [0.25, 0.3) is 0 Å². The zero-order valence-electron chi connectivity index (χ0n) is 5.36. The van der Waals surface area contributed by atoms with Crippen molar-refractivity contribution in [3.05, 3.63) is 0 Å². The summed E-state index contributed by atoms with van der Waals surface area (Å²) in [5.41, 5.74) is 0. The molecule has 0 atom stereocenters. The summed E-state index contributed by atoms with van der Waals surface area (Å²) < 4.78 is 27.0. The summed E-state index contributed by atoms with van der Waals surface area (Å²) in [7, 11) is 0.808. The predicted molar refractivity (Wildman–Crippen MR) is 31.4 cm³/mol. The molecule has 0 radical (unpaired) electrons. The number of ketones is 1. The molecule has 0 aromatic carbocycles. The van der Waals surface area contributed by atoms with Gasteiger partial charge in [-0.25, -0.2) is 4.79 Å². The number of methoxy groups -OCH3 is 1. The van der Waals surface area contributed by atoms with Crippen molar-refractivity contribution < 1.29 is 28.6 Å². The summed E-state index contributed by atoms with van der Waals surface area (Å²) in [5, 5.41) is -4.16. The van der Waals surface area contributed by atoms with Crippen LogP contribution in [0.15, 0.2) is 0 Å². The zero-order chi connectivity index (χ0) is 8.36. The maximum Gasteiger partial charge on any atom is 0.391 e. The van der Waals surface area contributed by atoms with Crippen molar-refractivity contribution in [1.29, 1.82) is 0 Å². The topological polar surface area (TPSA) is 74.9 Å². The molecule has 66 valence electrons.